The van der Waals surface area contributed by atoms with Gasteiger partial charge in [0.25, 0.3) is 0 Å². The molecule has 1 aliphatic rings. The molecule has 0 radical (unpaired) electrons. The molecule has 5 nitrogen and oxygen atoms in total. The number of hydrogen-bond acceptors (Lipinski definition) is 4. The second kappa shape index (κ2) is 8.96. The quantitative estimate of drug-likeness (QED) is 0.403. The number of hydrogen-bond donors (Lipinski definition) is 1. The summed E-state index contributed by atoms with van der Waals surface area (Å²) in [4.78, 5) is 4.63. The van der Waals surface area contributed by atoms with Gasteiger partial charge in [-0.1, -0.05) is 36.8 Å². The first-order chi connectivity index (χ1) is 15.3. The van der Waals surface area contributed by atoms with Gasteiger partial charge in [-0.2, -0.15) is 0 Å². The number of aliphatic imine (C=N–C) groups is 1. The number of benzene rings is 3. The third-order valence-corrected chi connectivity index (χ3v) is 5.57. The van der Waals surface area contributed by atoms with Crippen molar-refractivity contribution in [1.82, 2.24) is 14.8 Å². The minimum absolute atomic E-state index is 0.922. The van der Waals surface area contributed by atoms with E-state index in [-0.39, 0.29) is 0 Å². The molecule has 0 spiro atoms. The number of fused-ring (bicyclic) bond motifs is 1. The van der Waals surface area contributed by atoms with E-state index in [9.17, 15) is 0 Å². The van der Waals surface area contributed by atoms with Crippen LogP contribution >= 0.6 is 0 Å². The second-order valence-electron chi connectivity index (χ2n) is 7.82. The first kappa shape index (κ1) is 19.2. The predicted molar refractivity (Wildman–Crippen MR) is 126 cm³/mol. The maximum absolute atomic E-state index is 4.63. The van der Waals surface area contributed by atoms with Gasteiger partial charge in [0.2, 0.25) is 0 Å². The fourth-order valence-corrected chi connectivity index (χ4v) is 3.88. The average molecular weight is 408 g/mol. The van der Waals surface area contributed by atoms with Crippen LogP contribution in [0.4, 0.5) is 17.1 Å². The van der Waals surface area contributed by atoms with Crippen molar-refractivity contribution in [3.8, 4) is 11.4 Å². The molecule has 0 fully saturated rings. The molecule has 1 N–H and O–H groups in total. The minimum Gasteiger partial charge on any atom is -0.356 e. The third kappa shape index (κ3) is 4.56. The highest BCUT2D eigenvalue weighted by molar-refractivity contribution is 5.83. The number of para-hydroxylation sites is 1. The van der Waals surface area contributed by atoms with E-state index in [1.807, 2.05) is 36.5 Å². The van der Waals surface area contributed by atoms with Crippen molar-refractivity contribution in [2.24, 2.45) is 4.99 Å². The van der Waals surface area contributed by atoms with Gasteiger partial charge in [-0.25, -0.2) is 0 Å². The van der Waals surface area contributed by atoms with E-state index in [0.29, 0.717) is 0 Å². The Morgan fingerprint density at radius 3 is 2.35 bits per heavy atom. The second-order valence-corrected chi connectivity index (χ2v) is 7.82. The van der Waals surface area contributed by atoms with Crippen molar-refractivity contribution in [1.29, 1.82) is 0 Å². The number of aromatic nitrogens is 3. The zero-order valence-corrected chi connectivity index (χ0v) is 17.4. The lowest BCUT2D eigenvalue weighted by molar-refractivity contribution is 0.636. The molecule has 2 heterocycles. The molecule has 1 aromatic heterocycles. The first-order valence-electron chi connectivity index (χ1n) is 10.8. The predicted octanol–water partition coefficient (Wildman–Crippen LogP) is 6.17. The standard InChI is InChI=1S/C26H25N5/c1-3-7-23(8-4-1)28-24-14-10-20(11-15-24)19-27-22-16-12-21(13-17-22)26-30-29-25-9-5-2-6-18-31(25)26/h1,3-4,7-8,10-17,19,28H,2,5-6,9,18H2. The van der Waals surface area contributed by atoms with Crippen LogP contribution < -0.4 is 5.32 Å². The van der Waals surface area contributed by atoms with E-state index in [0.717, 1.165) is 52.8 Å². The Balaban J connectivity index is 1.26. The molecular weight excluding hydrogens is 382 g/mol. The highest BCUT2D eigenvalue weighted by atomic mass is 15.3. The summed E-state index contributed by atoms with van der Waals surface area (Å²) in [6.45, 7) is 1.01. The molecule has 0 saturated heterocycles. The van der Waals surface area contributed by atoms with Crippen LogP contribution in [0.2, 0.25) is 0 Å². The maximum atomic E-state index is 4.63. The van der Waals surface area contributed by atoms with Crippen LogP contribution in [-0.4, -0.2) is 21.0 Å². The number of nitrogens with zero attached hydrogens (tertiary/aromatic N) is 4. The van der Waals surface area contributed by atoms with Crippen LogP contribution in [0, 0.1) is 0 Å². The summed E-state index contributed by atoms with van der Waals surface area (Å²) in [7, 11) is 0. The summed E-state index contributed by atoms with van der Waals surface area (Å²) in [5, 5.41) is 12.2. The smallest absolute Gasteiger partial charge is 0.163 e. The summed E-state index contributed by atoms with van der Waals surface area (Å²) >= 11 is 0. The Morgan fingerprint density at radius 1 is 0.774 bits per heavy atom. The molecule has 5 rings (SSSR count). The lowest BCUT2D eigenvalue weighted by Crippen LogP contribution is -2.02. The van der Waals surface area contributed by atoms with E-state index >= 15 is 0 Å². The summed E-state index contributed by atoms with van der Waals surface area (Å²) < 4.78 is 2.27. The normalized spacial score (nSPS) is 13.7. The highest BCUT2D eigenvalue weighted by Gasteiger charge is 2.15. The molecule has 0 saturated carbocycles. The van der Waals surface area contributed by atoms with Gasteiger partial charge >= 0.3 is 0 Å². The fourth-order valence-electron chi connectivity index (χ4n) is 3.88. The van der Waals surface area contributed by atoms with E-state index in [1.165, 1.54) is 19.3 Å². The zero-order valence-electron chi connectivity index (χ0n) is 17.4. The van der Waals surface area contributed by atoms with Crippen LogP contribution in [0.1, 0.15) is 30.7 Å². The first-order valence-corrected chi connectivity index (χ1v) is 10.8. The maximum Gasteiger partial charge on any atom is 0.163 e. The molecule has 154 valence electrons. The van der Waals surface area contributed by atoms with Gasteiger partial charge < -0.3 is 9.88 Å². The van der Waals surface area contributed by atoms with Crippen molar-refractivity contribution >= 4 is 23.3 Å². The van der Waals surface area contributed by atoms with Gasteiger partial charge in [-0.05, 0) is 66.9 Å². The molecule has 0 aliphatic carbocycles. The van der Waals surface area contributed by atoms with Gasteiger partial charge in [0.15, 0.2) is 5.82 Å². The van der Waals surface area contributed by atoms with Gasteiger partial charge in [-0.15, -0.1) is 10.2 Å². The van der Waals surface area contributed by atoms with Gasteiger partial charge in [0.05, 0.1) is 5.69 Å². The van der Waals surface area contributed by atoms with E-state index in [1.54, 1.807) is 0 Å². The Labute approximate surface area is 182 Å². The monoisotopic (exact) mass is 407 g/mol. The number of anilines is 2. The van der Waals surface area contributed by atoms with Gasteiger partial charge in [0, 0.05) is 36.1 Å². The molecule has 1 aliphatic heterocycles. The third-order valence-electron chi connectivity index (χ3n) is 5.57. The molecule has 5 heteroatoms. The van der Waals surface area contributed by atoms with Crippen molar-refractivity contribution in [2.75, 3.05) is 5.32 Å². The Bertz CT molecular complexity index is 1160. The summed E-state index contributed by atoms with van der Waals surface area (Å²) in [6, 6.07) is 26.7. The summed E-state index contributed by atoms with van der Waals surface area (Å²) in [5.74, 6) is 2.08. The van der Waals surface area contributed by atoms with E-state index < -0.39 is 0 Å². The van der Waals surface area contributed by atoms with Crippen LogP contribution in [-0.2, 0) is 13.0 Å². The van der Waals surface area contributed by atoms with Gasteiger partial charge in [0.1, 0.15) is 5.82 Å². The lowest BCUT2D eigenvalue weighted by atomic mass is 10.2. The molecule has 0 unspecified atom stereocenters. The summed E-state index contributed by atoms with van der Waals surface area (Å²) in [5.41, 5.74) is 5.21. The summed E-state index contributed by atoms with van der Waals surface area (Å²) in [6.07, 6.45) is 6.58. The topological polar surface area (TPSA) is 55.1 Å². The van der Waals surface area contributed by atoms with Crippen LogP contribution in [0.5, 0.6) is 0 Å². The molecule has 0 amide bonds. The number of nitrogens with one attached hydrogen (secondary N) is 1. The molecule has 3 aromatic carbocycles. The van der Waals surface area contributed by atoms with Crippen LogP contribution in [0.3, 0.4) is 0 Å². The van der Waals surface area contributed by atoms with Crippen molar-refractivity contribution < 1.29 is 0 Å². The van der Waals surface area contributed by atoms with Crippen molar-refractivity contribution in [3.05, 3.63) is 90.3 Å². The van der Waals surface area contributed by atoms with E-state index in [4.69, 9.17) is 0 Å². The van der Waals surface area contributed by atoms with Crippen molar-refractivity contribution in [3.63, 3.8) is 0 Å². The Morgan fingerprint density at radius 2 is 1.55 bits per heavy atom. The van der Waals surface area contributed by atoms with Crippen LogP contribution in [0.25, 0.3) is 11.4 Å². The average Bonchev–Trinajstić information content (AvgIpc) is 3.07. The molecule has 4 aromatic rings. The zero-order chi connectivity index (χ0) is 20.9. The minimum atomic E-state index is 0.922. The van der Waals surface area contributed by atoms with Crippen LogP contribution in [0.15, 0.2) is 83.9 Å². The molecule has 31 heavy (non-hydrogen) atoms. The largest absolute Gasteiger partial charge is 0.356 e. The fraction of sp³-hybridized carbons (Fsp3) is 0.192. The van der Waals surface area contributed by atoms with E-state index in [2.05, 4.69) is 73.6 Å². The van der Waals surface area contributed by atoms with Gasteiger partial charge in [-0.3, -0.25) is 4.99 Å². The Kier molecular flexibility index (Phi) is 5.56. The number of rotatable bonds is 5. The molecule has 0 atom stereocenters. The lowest BCUT2D eigenvalue weighted by Gasteiger charge is -2.07. The number of aryl methyl sites for hydroxylation is 1. The molecular formula is C26H25N5. The Hall–Kier alpha value is -3.73. The SMILES string of the molecule is C(=Nc1ccc(-c2nnc3n2CCCCC3)cc1)c1ccc(Nc2ccccc2)cc1. The molecule has 0 bridgehead atoms. The van der Waals surface area contributed by atoms with Crippen molar-refractivity contribution in [2.45, 2.75) is 32.2 Å². The highest BCUT2D eigenvalue weighted by Crippen LogP contribution is 2.25.